The van der Waals surface area contributed by atoms with E-state index in [4.69, 9.17) is 0 Å². The summed E-state index contributed by atoms with van der Waals surface area (Å²) in [4.78, 5) is 32.4. The highest BCUT2D eigenvalue weighted by Gasteiger charge is 2.29. The Hall–Kier alpha value is -1.73. The van der Waals surface area contributed by atoms with Gasteiger partial charge in [-0.1, -0.05) is 0 Å². The lowest BCUT2D eigenvalue weighted by atomic mass is 9.93. The van der Waals surface area contributed by atoms with Crippen LogP contribution in [0, 0.1) is 12.8 Å². The van der Waals surface area contributed by atoms with Crippen molar-refractivity contribution in [1.29, 1.82) is 0 Å². The molecule has 3 heterocycles. The van der Waals surface area contributed by atoms with Crippen LogP contribution in [0.3, 0.4) is 0 Å². The quantitative estimate of drug-likeness (QED) is 0.903. The number of thiophene rings is 1. The largest absolute Gasteiger partial charge is 0.393 e. The first kappa shape index (κ1) is 16.1. The molecule has 1 saturated heterocycles. The lowest BCUT2D eigenvalue weighted by Crippen LogP contribution is -2.42. The highest BCUT2D eigenvalue weighted by atomic mass is 32.1. The molecular formula is C16H21N3O3S. The van der Waals surface area contributed by atoms with Crippen LogP contribution in [-0.4, -0.2) is 44.7 Å². The fraction of sp³-hybridized carbons (Fsp3) is 0.562. The minimum atomic E-state index is -0.414. The standard InChI is InChI=1S/C16H21N3O3S/c1-9-12-14(17-8-18(3)15(12)21)23-13(9)16(22)19-6-4-5-11(7-19)10(2)20/h8,10-11,20H,4-7H2,1-3H3. The molecule has 0 spiro atoms. The second-order valence-corrected chi connectivity index (χ2v) is 7.29. The predicted molar refractivity (Wildman–Crippen MR) is 89.9 cm³/mol. The molecule has 2 unspecified atom stereocenters. The summed E-state index contributed by atoms with van der Waals surface area (Å²) in [7, 11) is 1.66. The number of hydrogen-bond donors (Lipinski definition) is 1. The maximum Gasteiger partial charge on any atom is 0.264 e. The number of nitrogens with zero attached hydrogens (tertiary/aromatic N) is 3. The second-order valence-electron chi connectivity index (χ2n) is 6.29. The molecule has 0 saturated carbocycles. The molecule has 0 aliphatic carbocycles. The van der Waals surface area contributed by atoms with E-state index in [-0.39, 0.29) is 17.4 Å². The van der Waals surface area contributed by atoms with Gasteiger partial charge in [-0.2, -0.15) is 0 Å². The molecular weight excluding hydrogens is 314 g/mol. The van der Waals surface area contributed by atoms with Crippen LogP contribution in [0.5, 0.6) is 0 Å². The number of aliphatic hydroxyl groups excluding tert-OH is 1. The van der Waals surface area contributed by atoms with E-state index in [1.54, 1.807) is 18.9 Å². The van der Waals surface area contributed by atoms with Crippen LogP contribution >= 0.6 is 11.3 Å². The summed E-state index contributed by atoms with van der Waals surface area (Å²) < 4.78 is 1.43. The van der Waals surface area contributed by atoms with E-state index in [0.717, 1.165) is 12.8 Å². The minimum absolute atomic E-state index is 0.0575. The Morgan fingerprint density at radius 1 is 1.52 bits per heavy atom. The molecule has 1 aliphatic heterocycles. The smallest absolute Gasteiger partial charge is 0.264 e. The number of piperidine rings is 1. The molecule has 0 aromatic carbocycles. The maximum absolute atomic E-state index is 12.9. The zero-order valence-electron chi connectivity index (χ0n) is 13.6. The van der Waals surface area contributed by atoms with Gasteiger partial charge in [0.1, 0.15) is 4.83 Å². The Morgan fingerprint density at radius 2 is 2.26 bits per heavy atom. The number of carbonyl (C=O) groups excluding carboxylic acids is 1. The van der Waals surface area contributed by atoms with E-state index < -0.39 is 6.10 Å². The third kappa shape index (κ3) is 2.79. The number of fused-ring (bicyclic) bond motifs is 1. The van der Waals surface area contributed by atoms with E-state index in [1.807, 2.05) is 6.92 Å². The third-order valence-corrected chi connectivity index (χ3v) is 5.82. The van der Waals surface area contributed by atoms with Crippen LogP contribution in [-0.2, 0) is 7.05 Å². The SMILES string of the molecule is Cc1c(C(=O)N2CCCC(C(C)O)C2)sc2ncn(C)c(=O)c12. The molecule has 1 fully saturated rings. The molecule has 124 valence electrons. The van der Waals surface area contributed by atoms with Gasteiger partial charge in [-0.15, -0.1) is 11.3 Å². The monoisotopic (exact) mass is 335 g/mol. The first-order chi connectivity index (χ1) is 10.9. The topological polar surface area (TPSA) is 75.4 Å². The third-order valence-electron chi connectivity index (χ3n) is 4.63. The molecule has 2 atom stereocenters. The molecule has 0 bridgehead atoms. The summed E-state index contributed by atoms with van der Waals surface area (Å²) >= 11 is 1.28. The van der Waals surface area contributed by atoms with Gasteiger partial charge in [-0.3, -0.25) is 9.59 Å². The van der Waals surface area contributed by atoms with E-state index in [1.165, 1.54) is 22.2 Å². The van der Waals surface area contributed by atoms with Crippen LogP contribution in [0.2, 0.25) is 0 Å². The second kappa shape index (κ2) is 6.05. The van der Waals surface area contributed by atoms with E-state index >= 15 is 0 Å². The summed E-state index contributed by atoms with van der Waals surface area (Å²) in [5.41, 5.74) is 0.589. The number of hydrogen-bond acceptors (Lipinski definition) is 5. The number of aryl methyl sites for hydroxylation is 2. The van der Waals surface area contributed by atoms with Gasteiger partial charge in [0.05, 0.1) is 22.7 Å². The number of likely N-dealkylation sites (tertiary alicyclic amines) is 1. The first-order valence-electron chi connectivity index (χ1n) is 7.82. The highest BCUT2D eigenvalue weighted by molar-refractivity contribution is 7.20. The van der Waals surface area contributed by atoms with Crippen molar-refractivity contribution < 1.29 is 9.90 Å². The lowest BCUT2D eigenvalue weighted by molar-refractivity contribution is 0.0469. The normalized spacial score (nSPS) is 20.0. The fourth-order valence-corrected chi connectivity index (χ4v) is 4.25. The summed E-state index contributed by atoms with van der Waals surface area (Å²) in [5, 5.41) is 10.3. The molecule has 3 rings (SSSR count). The Kier molecular flexibility index (Phi) is 4.25. The van der Waals surface area contributed by atoms with Crippen molar-refractivity contribution in [3.8, 4) is 0 Å². The average molecular weight is 335 g/mol. The van der Waals surface area contributed by atoms with E-state index in [0.29, 0.717) is 33.7 Å². The zero-order chi connectivity index (χ0) is 16.7. The number of aromatic nitrogens is 2. The molecule has 23 heavy (non-hydrogen) atoms. The Morgan fingerprint density at radius 3 is 2.96 bits per heavy atom. The molecule has 1 aliphatic rings. The number of carbonyl (C=O) groups is 1. The van der Waals surface area contributed by atoms with Crippen molar-refractivity contribution in [3.63, 3.8) is 0 Å². The number of rotatable bonds is 2. The summed E-state index contributed by atoms with van der Waals surface area (Å²) in [5.74, 6) is 0.0614. The Labute approximate surface area is 138 Å². The van der Waals surface area contributed by atoms with Crippen LogP contribution in [0.15, 0.2) is 11.1 Å². The van der Waals surface area contributed by atoms with Gasteiger partial charge in [0.2, 0.25) is 0 Å². The minimum Gasteiger partial charge on any atom is -0.393 e. The molecule has 1 N–H and O–H groups in total. The van der Waals surface area contributed by atoms with Gasteiger partial charge >= 0.3 is 0 Å². The summed E-state index contributed by atoms with van der Waals surface area (Å²) in [6, 6.07) is 0. The van der Waals surface area contributed by atoms with Gasteiger partial charge in [-0.25, -0.2) is 4.98 Å². The number of aliphatic hydroxyl groups is 1. The highest BCUT2D eigenvalue weighted by Crippen LogP contribution is 2.29. The van der Waals surface area contributed by atoms with Gasteiger partial charge in [0, 0.05) is 26.1 Å². The van der Waals surface area contributed by atoms with E-state index in [9.17, 15) is 14.7 Å². The maximum atomic E-state index is 12.9. The van der Waals surface area contributed by atoms with Crippen molar-refractivity contribution in [3.05, 3.63) is 27.1 Å². The molecule has 2 aromatic heterocycles. The zero-order valence-corrected chi connectivity index (χ0v) is 14.4. The fourth-order valence-electron chi connectivity index (χ4n) is 3.14. The average Bonchev–Trinajstić information content (AvgIpc) is 2.88. The van der Waals surface area contributed by atoms with Crippen molar-refractivity contribution in [2.75, 3.05) is 13.1 Å². The van der Waals surface area contributed by atoms with Crippen LogP contribution < -0.4 is 5.56 Å². The van der Waals surface area contributed by atoms with Crippen molar-refractivity contribution in [2.45, 2.75) is 32.8 Å². The Balaban J connectivity index is 1.97. The van der Waals surface area contributed by atoms with E-state index in [2.05, 4.69) is 4.98 Å². The lowest BCUT2D eigenvalue weighted by Gasteiger charge is -2.34. The molecule has 7 heteroatoms. The van der Waals surface area contributed by atoms with Crippen molar-refractivity contribution in [2.24, 2.45) is 13.0 Å². The van der Waals surface area contributed by atoms with Gasteiger partial charge in [0.25, 0.3) is 11.5 Å². The van der Waals surface area contributed by atoms with Gasteiger partial charge < -0.3 is 14.6 Å². The molecule has 6 nitrogen and oxygen atoms in total. The van der Waals surface area contributed by atoms with Crippen LogP contribution in [0.25, 0.3) is 10.2 Å². The molecule has 1 amide bonds. The van der Waals surface area contributed by atoms with Crippen molar-refractivity contribution in [1.82, 2.24) is 14.5 Å². The van der Waals surface area contributed by atoms with Crippen LogP contribution in [0.4, 0.5) is 0 Å². The van der Waals surface area contributed by atoms with Gasteiger partial charge in [0.15, 0.2) is 0 Å². The molecule has 2 aromatic rings. The molecule has 0 radical (unpaired) electrons. The predicted octanol–water partition coefficient (Wildman–Crippen LogP) is 1.54. The first-order valence-corrected chi connectivity index (χ1v) is 8.64. The Bertz CT molecular complexity index is 809. The summed E-state index contributed by atoms with van der Waals surface area (Å²) in [6.45, 7) is 4.85. The summed E-state index contributed by atoms with van der Waals surface area (Å²) in [6.07, 6.45) is 2.91. The number of amides is 1. The van der Waals surface area contributed by atoms with Crippen LogP contribution in [0.1, 0.15) is 35.0 Å². The van der Waals surface area contributed by atoms with Crippen molar-refractivity contribution >= 4 is 27.5 Å². The van der Waals surface area contributed by atoms with Gasteiger partial charge in [-0.05, 0) is 32.3 Å².